The molecule has 160 valence electrons. The highest BCUT2D eigenvalue weighted by molar-refractivity contribution is 9.10. The predicted molar refractivity (Wildman–Crippen MR) is 121 cm³/mol. The minimum atomic E-state index is -0.226. The summed E-state index contributed by atoms with van der Waals surface area (Å²) in [5.74, 6) is 0. The SMILES string of the molecule is O=C(OCc1ccccc1)N1CCN(Cc2ccc(Br)cc2N2CCOCC2)CC1. The molecule has 0 atom stereocenters. The first-order chi connectivity index (χ1) is 14.7. The van der Waals surface area contributed by atoms with Gasteiger partial charge in [0.25, 0.3) is 0 Å². The molecule has 0 spiro atoms. The zero-order valence-corrected chi connectivity index (χ0v) is 18.7. The number of carbonyl (C=O) groups excluding carboxylic acids is 1. The molecule has 2 aliphatic heterocycles. The van der Waals surface area contributed by atoms with E-state index in [-0.39, 0.29) is 6.09 Å². The second-order valence-corrected chi connectivity index (χ2v) is 8.59. The van der Waals surface area contributed by atoms with Crippen molar-refractivity contribution < 1.29 is 14.3 Å². The van der Waals surface area contributed by atoms with E-state index in [0.717, 1.165) is 56.0 Å². The van der Waals surface area contributed by atoms with Crippen LogP contribution in [0.5, 0.6) is 0 Å². The van der Waals surface area contributed by atoms with Crippen molar-refractivity contribution in [2.45, 2.75) is 13.2 Å². The molecule has 30 heavy (non-hydrogen) atoms. The van der Waals surface area contributed by atoms with E-state index in [1.165, 1.54) is 11.3 Å². The van der Waals surface area contributed by atoms with E-state index in [9.17, 15) is 4.79 Å². The van der Waals surface area contributed by atoms with Gasteiger partial charge in [0.2, 0.25) is 0 Å². The van der Waals surface area contributed by atoms with E-state index in [0.29, 0.717) is 19.7 Å². The van der Waals surface area contributed by atoms with E-state index in [1.54, 1.807) is 0 Å². The van der Waals surface area contributed by atoms with Crippen molar-refractivity contribution in [3.8, 4) is 0 Å². The van der Waals surface area contributed by atoms with Crippen LogP contribution in [-0.4, -0.2) is 68.4 Å². The van der Waals surface area contributed by atoms with Gasteiger partial charge in [0.15, 0.2) is 0 Å². The van der Waals surface area contributed by atoms with E-state index < -0.39 is 0 Å². The number of nitrogens with zero attached hydrogens (tertiary/aromatic N) is 3. The van der Waals surface area contributed by atoms with E-state index in [1.807, 2.05) is 35.2 Å². The highest BCUT2D eigenvalue weighted by Crippen LogP contribution is 2.27. The van der Waals surface area contributed by atoms with Gasteiger partial charge in [0, 0.05) is 56.0 Å². The Morgan fingerprint density at radius 3 is 2.43 bits per heavy atom. The first-order valence-electron chi connectivity index (χ1n) is 10.5. The van der Waals surface area contributed by atoms with Crippen LogP contribution in [0.25, 0.3) is 0 Å². The Hall–Kier alpha value is -2.09. The summed E-state index contributed by atoms with van der Waals surface area (Å²) in [7, 11) is 0. The van der Waals surface area contributed by atoms with Gasteiger partial charge in [0.05, 0.1) is 13.2 Å². The Morgan fingerprint density at radius 1 is 0.967 bits per heavy atom. The van der Waals surface area contributed by atoms with Gasteiger partial charge in [-0.1, -0.05) is 52.3 Å². The molecule has 2 fully saturated rings. The van der Waals surface area contributed by atoms with E-state index in [4.69, 9.17) is 9.47 Å². The summed E-state index contributed by atoms with van der Waals surface area (Å²) < 4.78 is 12.1. The first kappa shape index (κ1) is 21.2. The standard InChI is InChI=1S/C23H28BrN3O3/c24-21-7-6-20(22(16-21)26-12-14-29-15-13-26)17-25-8-10-27(11-9-25)23(28)30-18-19-4-2-1-3-5-19/h1-7,16H,8-15,17-18H2. The fourth-order valence-corrected chi connectivity index (χ4v) is 4.26. The normalized spacial score (nSPS) is 17.8. The quantitative estimate of drug-likeness (QED) is 0.661. The average molecular weight is 474 g/mol. The third-order valence-electron chi connectivity index (χ3n) is 5.63. The molecule has 0 radical (unpaired) electrons. The lowest BCUT2D eigenvalue weighted by atomic mass is 10.1. The lowest BCUT2D eigenvalue weighted by molar-refractivity contribution is 0.0700. The van der Waals surface area contributed by atoms with Gasteiger partial charge in [-0.2, -0.15) is 0 Å². The van der Waals surface area contributed by atoms with Crippen molar-refractivity contribution in [3.05, 3.63) is 64.1 Å². The average Bonchev–Trinajstić information content (AvgIpc) is 2.80. The zero-order valence-electron chi connectivity index (χ0n) is 17.1. The highest BCUT2D eigenvalue weighted by atomic mass is 79.9. The Bertz CT molecular complexity index is 835. The summed E-state index contributed by atoms with van der Waals surface area (Å²) >= 11 is 3.61. The van der Waals surface area contributed by atoms with Crippen LogP contribution in [0, 0.1) is 0 Å². The van der Waals surface area contributed by atoms with Gasteiger partial charge in [-0.25, -0.2) is 4.79 Å². The van der Waals surface area contributed by atoms with Crippen LogP contribution in [0.4, 0.5) is 10.5 Å². The number of amides is 1. The lowest BCUT2D eigenvalue weighted by Gasteiger charge is -2.36. The van der Waals surface area contributed by atoms with Crippen molar-refractivity contribution in [3.63, 3.8) is 0 Å². The molecule has 1 amide bonds. The predicted octanol–water partition coefficient (Wildman–Crippen LogP) is 3.74. The van der Waals surface area contributed by atoms with Crippen LogP contribution in [0.15, 0.2) is 53.0 Å². The largest absolute Gasteiger partial charge is 0.445 e. The fourth-order valence-electron chi connectivity index (χ4n) is 3.91. The number of anilines is 1. The molecule has 2 aromatic carbocycles. The third-order valence-corrected chi connectivity index (χ3v) is 6.12. The molecule has 0 saturated carbocycles. The van der Waals surface area contributed by atoms with Crippen LogP contribution >= 0.6 is 15.9 Å². The number of benzene rings is 2. The fraction of sp³-hybridized carbons (Fsp3) is 0.435. The Kier molecular flexibility index (Phi) is 7.25. The van der Waals surface area contributed by atoms with Crippen LogP contribution in [0.2, 0.25) is 0 Å². The second kappa shape index (κ2) is 10.3. The molecule has 2 heterocycles. The van der Waals surface area contributed by atoms with Gasteiger partial charge in [-0.3, -0.25) is 4.90 Å². The number of hydrogen-bond acceptors (Lipinski definition) is 5. The van der Waals surface area contributed by atoms with Crippen LogP contribution in [0.1, 0.15) is 11.1 Å². The monoisotopic (exact) mass is 473 g/mol. The molecule has 2 saturated heterocycles. The van der Waals surface area contributed by atoms with Gasteiger partial charge >= 0.3 is 6.09 Å². The highest BCUT2D eigenvalue weighted by Gasteiger charge is 2.24. The maximum Gasteiger partial charge on any atom is 0.410 e. The molecule has 2 aromatic rings. The maximum atomic E-state index is 12.4. The summed E-state index contributed by atoms with van der Waals surface area (Å²) in [6.45, 7) is 7.67. The zero-order chi connectivity index (χ0) is 20.8. The molecule has 2 aliphatic rings. The summed E-state index contributed by atoms with van der Waals surface area (Å²) in [4.78, 5) is 19.0. The van der Waals surface area contributed by atoms with Crippen molar-refractivity contribution in [1.29, 1.82) is 0 Å². The van der Waals surface area contributed by atoms with E-state index in [2.05, 4.69) is 43.9 Å². The molecular formula is C23H28BrN3O3. The van der Waals surface area contributed by atoms with Gasteiger partial charge < -0.3 is 19.3 Å². The molecule has 7 heteroatoms. The number of morpholine rings is 1. The molecule has 6 nitrogen and oxygen atoms in total. The molecule has 0 unspecified atom stereocenters. The van der Waals surface area contributed by atoms with Gasteiger partial charge in [0.1, 0.15) is 6.61 Å². The molecule has 4 rings (SSSR count). The molecular weight excluding hydrogens is 446 g/mol. The van der Waals surface area contributed by atoms with Crippen LogP contribution in [0.3, 0.4) is 0 Å². The summed E-state index contributed by atoms with van der Waals surface area (Å²) in [5, 5.41) is 0. The number of hydrogen-bond donors (Lipinski definition) is 0. The second-order valence-electron chi connectivity index (χ2n) is 7.68. The molecule has 0 N–H and O–H groups in total. The smallest absolute Gasteiger partial charge is 0.410 e. The number of ether oxygens (including phenoxy) is 2. The minimum absolute atomic E-state index is 0.226. The Balaban J connectivity index is 1.30. The topological polar surface area (TPSA) is 45.2 Å². The van der Waals surface area contributed by atoms with Crippen molar-refractivity contribution in [1.82, 2.24) is 9.80 Å². The Morgan fingerprint density at radius 2 is 1.70 bits per heavy atom. The molecule has 0 aromatic heterocycles. The van der Waals surface area contributed by atoms with Gasteiger partial charge in [-0.15, -0.1) is 0 Å². The molecule has 0 aliphatic carbocycles. The third kappa shape index (κ3) is 5.53. The number of piperazine rings is 1. The van der Waals surface area contributed by atoms with Crippen molar-refractivity contribution in [2.75, 3.05) is 57.4 Å². The summed E-state index contributed by atoms with van der Waals surface area (Å²) in [5.41, 5.74) is 3.60. The molecule has 0 bridgehead atoms. The maximum absolute atomic E-state index is 12.4. The van der Waals surface area contributed by atoms with Crippen LogP contribution in [-0.2, 0) is 22.6 Å². The summed E-state index contributed by atoms with van der Waals surface area (Å²) in [6.07, 6.45) is -0.226. The minimum Gasteiger partial charge on any atom is -0.445 e. The van der Waals surface area contributed by atoms with Gasteiger partial charge in [-0.05, 0) is 23.3 Å². The number of halogens is 1. The first-order valence-corrected chi connectivity index (χ1v) is 11.3. The number of rotatable bonds is 5. The lowest BCUT2D eigenvalue weighted by Crippen LogP contribution is -2.48. The van der Waals surface area contributed by atoms with E-state index >= 15 is 0 Å². The Labute approximate surface area is 186 Å². The van der Waals surface area contributed by atoms with Crippen molar-refractivity contribution >= 4 is 27.7 Å². The van der Waals surface area contributed by atoms with Crippen LogP contribution < -0.4 is 4.90 Å². The summed E-state index contributed by atoms with van der Waals surface area (Å²) in [6, 6.07) is 16.3. The van der Waals surface area contributed by atoms with Crippen molar-refractivity contribution in [2.24, 2.45) is 0 Å². The number of carbonyl (C=O) groups is 1.